The van der Waals surface area contributed by atoms with Crippen molar-refractivity contribution in [3.8, 4) is 5.69 Å². The Bertz CT molecular complexity index is 3010. The molecule has 0 aliphatic carbocycles. The molecule has 0 amide bonds. The van der Waals surface area contributed by atoms with Gasteiger partial charge in [-0.25, -0.2) is 9.98 Å². The van der Waals surface area contributed by atoms with Crippen LogP contribution in [0.4, 0.5) is 0 Å². The Balaban J connectivity index is 1.07. The summed E-state index contributed by atoms with van der Waals surface area (Å²) < 4.78 is 11.3. The van der Waals surface area contributed by atoms with Gasteiger partial charge in [-0.2, -0.15) is 0 Å². The zero-order valence-corrected chi connectivity index (χ0v) is 28.1. The van der Waals surface area contributed by atoms with Gasteiger partial charge in [0, 0.05) is 58.5 Å². The standard InChI is InChI=1S/C45H28N4OS/c1-3-12-27(13-4-1)43-46-44(28-14-5-2-6-15-28)48-45(47-43)33-19-11-18-32-36-25-40-35(26-41(36)51-42(32)33)34-24-29(22-23-39(34)50-40)49-37-20-9-7-16-30(37)31-17-8-10-21-38(31)49/h1-26,43H,(H,46,47,48). The highest BCUT2D eigenvalue weighted by molar-refractivity contribution is 7.26. The number of nitrogens with zero attached hydrogens (tertiary/aromatic N) is 3. The normalized spacial score (nSPS) is 14.9. The smallest absolute Gasteiger partial charge is 0.159 e. The molecule has 0 spiro atoms. The van der Waals surface area contributed by atoms with Crippen LogP contribution in [0.2, 0.25) is 0 Å². The van der Waals surface area contributed by atoms with Crippen LogP contribution in [0.15, 0.2) is 172 Å². The second-order valence-electron chi connectivity index (χ2n) is 13.0. The van der Waals surface area contributed by atoms with E-state index >= 15 is 0 Å². The fourth-order valence-corrected chi connectivity index (χ4v) is 8.93. The van der Waals surface area contributed by atoms with Crippen molar-refractivity contribution in [3.63, 3.8) is 0 Å². The molecule has 1 N–H and O–H groups in total. The van der Waals surface area contributed by atoms with Crippen molar-refractivity contribution in [1.29, 1.82) is 0 Å². The second-order valence-corrected chi connectivity index (χ2v) is 14.1. The Kier molecular flexibility index (Phi) is 6.12. The number of thiophene rings is 1. The molecule has 51 heavy (non-hydrogen) atoms. The highest BCUT2D eigenvalue weighted by Crippen LogP contribution is 2.42. The minimum atomic E-state index is -0.254. The molecule has 0 saturated carbocycles. The van der Waals surface area contributed by atoms with Crippen molar-refractivity contribution in [2.75, 3.05) is 0 Å². The molecule has 10 aromatic rings. The molecular weight excluding hydrogens is 645 g/mol. The molecule has 3 aromatic heterocycles. The molecule has 6 heteroatoms. The predicted octanol–water partition coefficient (Wildman–Crippen LogP) is 11.5. The largest absolute Gasteiger partial charge is 0.456 e. The quantitative estimate of drug-likeness (QED) is 0.202. The van der Waals surface area contributed by atoms with Crippen molar-refractivity contribution in [2.24, 2.45) is 9.98 Å². The summed E-state index contributed by atoms with van der Waals surface area (Å²) in [7, 11) is 0. The molecule has 1 aliphatic heterocycles. The van der Waals surface area contributed by atoms with Gasteiger partial charge in [-0.05, 0) is 54.1 Å². The van der Waals surface area contributed by atoms with E-state index in [0.29, 0.717) is 0 Å². The van der Waals surface area contributed by atoms with Crippen molar-refractivity contribution in [3.05, 3.63) is 174 Å². The number of furan rings is 1. The number of hydrogen-bond acceptors (Lipinski definition) is 5. The van der Waals surface area contributed by atoms with E-state index in [1.165, 1.54) is 42.0 Å². The van der Waals surface area contributed by atoms with Crippen molar-refractivity contribution in [2.45, 2.75) is 6.17 Å². The Morgan fingerprint density at radius 1 is 0.569 bits per heavy atom. The number of aliphatic imine (C=N–C) groups is 2. The van der Waals surface area contributed by atoms with Gasteiger partial charge in [-0.1, -0.05) is 109 Å². The van der Waals surface area contributed by atoms with E-state index in [1.807, 2.05) is 24.3 Å². The van der Waals surface area contributed by atoms with Crippen molar-refractivity contribution >= 4 is 86.9 Å². The molecule has 240 valence electrons. The Hall–Kier alpha value is -6.50. The van der Waals surface area contributed by atoms with Gasteiger partial charge in [0.05, 0.1) is 11.0 Å². The third-order valence-electron chi connectivity index (χ3n) is 10.1. The molecular formula is C45H28N4OS. The summed E-state index contributed by atoms with van der Waals surface area (Å²) in [6, 6.07) is 55.4. The van der Waals surface area contributed by atoms with Crippen molar-refractivity contribution in [1.82, 2.24) is 9.88 Å². The Labute approximate surface area is 296 Å². The Morgan fingerprint density at radius 2 is 1.25 bits per heavy atom. The molecule has 0 radical (unpaired) electrons. The maximum Gasteiger partial charge on any atom is 0.159 e. The summed E-state index contributed by atoms with van der Waals surface area (Å²) in [6.45, 7) is 0. The fourth-order valence-electron chi connectivity index (χ4n) is 7.69. The highest BCUT2D eigenvalue weighted by Gasteiger charge is 2.24. The summed E-state index contributed by atoms with van der Waals surface area (Å²) in [6.07, 6.45) is -0.254. The lowest BCUT2D eigenvalue weighted by molar-refractivity contribution is 0.669. The summed E-state index contributed by atoms with van der Waals surface area (Å²) in [5, 5.41) is 10.8. The molecule has 1 unspecified atom stereocenters. The number of fused-ring (bicyclic) bond motifs is 9. The molecule has 1 atom stereocenters. The topological polar surface area (TPSA) is 54.8 Å². The zero-order chi connectivity index (χ0) is 33.5. The molecule has 0 fully saturated rings. The molecule has 0 bridgehead atoms. The molecule has 7 aromatic carbocycles. The average Bonchev–Trinajstić information content (AvgIpc) is 3.86. The number of aromatic nitrogens is 1. The average molecular weight is 673 g/mol. The van der Waals surface area contributed by atoms with Crippen LogP contribution in [-0.4, -0.2) is 16.2 Å². The van der Waals surface area contributed by atoms with E-state index in [1.54, 1.807) is 11.3 Å². The van der Waals surface area contributed by atoms with Crippen LogP contribution >= 0.6 is 11.3 Å². The first-order valence-corrected chi connectivity index (χ1v) is 17.9. The summed E-state index contributed by atoms with van der Waals surface area (Å²) in [4.78, 5) is 10.2. The van der Waals surface area contributed by atoms with E-state index in [4.69, 9.17) is 14.4 Å². The molecule has 0 saturated heterocycles. The number of para-hydroxylation sites is 2. The second kappa shape index (κ2) is 11.0. The minimum absolute atomic E-state index is 0.254. The monoisotopic (exact) mass is 672 g/mol. The summed E-state index contributed by atoms with van der Waals surface area (Å²) >= 11 is 1.80. The van der Waals surface area contributed by atoms with E-state index < -0.39 is 0 Å². The highest BCUT2D eigenvalue weighted by atomic mass is 32.1. The third kappa shape index (κ3) is 4.40. The zero-order valence-electron chi connectivity index (χ0n) is 27.2. The number of benzene rings is 7. The maximum atomic E-state index is 6.54. The van der Waals surface area contributed by atoms with E-state index in [9.17, 15) is 0 Å². The SMILES string of the molecule is c1ccc(C2=NC(c3ccccc3)NC(c3cccc4c3sc3cc5c(cc34)oc3ccc(-n4c6ccccc6c6ccccc64)cc35)=N2)cc1. The summed E-state index contributed by atoms with van der Waals surface area (Å²) in [5.74, 6) is 1.54. The fraction of sp³-hybridized carbons (Fsp3) is 0.0222. The van der Waals surface area contributed by atoms with Gasteiger partial charge >= 0.3 is 0 Å². The van der Waals surface area contributed by atoms with Crippen LogP contribution in [0.5, 0.6) is 0 Å². The maximum absolute atomic E-state index is 6.54. The third-order valence-corrected chi connectivity index (χ3v) is 11.3. The van der Waals surface area contributed by atoms with E-state index in [-0.39, 0.29) is 6.17 Å². The van der Waals surface area contributed by atoms with Crippen LogP contribution in [0.3, 0.4) is 0 Å². The van der Waals surface area contributed by atoms with Crippen molar-refractivity contribution < 1.29 is 4.42 Å². The number of rotatable bonds is 4. The van der Waals surface area contributed by atoms with Crippen LogP contribution in [0.25, 0.3) is 69.6 Å². The van der Waals surface area contributed by atoms with Crippen LogP contribution in [0, 0.1) is 0 Å². The van der Waals surface area contributed by atoms with Gasteiger partial charge in [-0.15, -0.1) is 11.3 Å². The van der Waals surface area contributed by atoms with Crippen LogP contribution in [0.1, 0.15) is 22.9 Å². The van der Waals surface area contributed by atoms with Gasteiger partial charge in [0.15, 0.2) is 5.84 Å². The van der Waals surface area contributed by atoms with Crippen LogP contribution < -0.4 is 5.32 Å². The molecule has 5 nitrogen and oxygen atoms in total. The molecule has 4 heterocycles. The van der Waals surface area contributed by atoms with Crippen LogP contribution in [-0.2, 0) is 0 Å². The number of amidine groups is 2. The molecule has 11 rings (SSSR count). The van der Waals surface area contributed by atoms with Gasteiger partial charge in [0.1, 0.15) is 23.2 Å². The molecule has 1 aliphatic rings. The number of nitrogens with one attached hydrogen (secondary N) is 1. The minimum Gasteiger partial charge on any atom is -0.456 e. The first-order valence-electron chi connectivity index (χ1n) is 17.1. The lowest BCUT2D eigenvalue weighted by Gasteiger charge is -2.24. The Morgan fingerprint density at radius 3 is 2.04 bits per heavy atom. The van der Waals surface area contributed by atoms with E-state index in [0.717, 1.165) is 56.0 Å². The first kappa shape index (κ1) is 28.3. The lowest BCUT2D eigenvalue weighted by Crippen LogP contribution is -2.33. The van der Waals surface area contributed by atoms with E-state index in [2.05, 4.69) is 143 Å². The predicted molar refractivity (Wildman–Crippen MR) is 213 cm³/mol. The number of hydrogen-bond donors (Lipinski definition) is 1. The lowest BCUT2D eigenvalue weighted by atomic mass is 10.1. The first-order chi connectivity index (χ1) is 25.3. The van der Waals surface area contributed by atoms with Gasteiger partial charge in [-0.3, -0.25) is 0 Å². The van der Waals surface area contributed by atoms with Gasteiger partial charge < -0.3 is 14.3 Å². The van der Waals surface area contributed by atoms with Gasteiger partial charge in [0.25, 0.3) is 0 Å². The summed E-state index contributed by atoms with van der Waals surface area (Å²) in [5.41, 5.74) is 8.43. The van der Waals surface area contributed by atoms with Gasteiger partial charge in [0.2, 0.25) is 0 Å².